The van der Waals surface area contributed by atoms with Crippen molar-refractivity contribution >= 4 is 22.9 Å². The molecule has 2 nitrogen and oxygen atoms in total. The lowest BCUT2D eigenvalue weighted by Crippen LogP contribution is -2.63. The zero-order chi connectivity index (χ0) is 13.6. The Morgan fingerprint density at radius 3 is 2.75 bits per heavy atom. The highest BCUT2D eigenvalue weighted by molar-refractivity contribution is 7.16. The van der Waals surface area contributed by atoms with E-state index in [-0.39, 0.29) is 0 Å². The Morgan fingerprint density at radius 2 is 2.10 bits per heavy atom. The van der Waals surface area contributed by atoms with Crippen LogP contribution in [0.15, 0.2) is 12.1 Å². The van der Waals surface area contributed by atoms with Crippen molar-refractivity contribution in [2.75, 3.05) is 13.1 Å². The molecule has 1 atom stereocenters. The van der Waals surface area contributed by atoms with Crippen LogP contribution in [-0.2, 0) is 6.54 Å². The zero-order valence-corrected chi connectivity index (χ0v) is 13.5. The van der Waals surface area contributed by atoms with Crippen LogP contribution in [0.4, 0.5) is 0 Å². The first-order valence-electron chi connectivity index (χ1n) is 7.98. The van der Waals surface area contributed by atoms with Gasteiger partial charge in [-0.05, 0) is 43.7 Å². The minimum Gasteiger partial charge on any atom is -0.311 e. The number of nitrogens with zero attached hydrogens (tertiary/aromatic N) is 1. The van der Waals surface area contributed by atoms with Crippen LogP contribution in [0.25, 0.3) is 0 Å². The van der Waals surface area contributed by atoms with Crippen molar-refractivity contribution in [2.24, 2.45) is 5.92 Å². The summed E-state index contributed by atoms with van der Waals surface area (Å²) in [6.45, 7) is 3.54. The second kappa shape index (κ2) is 5.28. The molecule has 1 N–H and O–H groups in total. The van der Waals surface area contributed by atoms with Gasteiger partial charge in [0.2, 0.25) is 0 Å². The Balaban J connectivity index is 1.53. The highest BCUT2D eigenvalue weighted by Crippen LogP contribution is 2.42. The number of thiophene rings is 1. The summed E-state index contributed by atoms with van der Waals surface area (Å²) < 4.78 is 0.925. The molecule has 0 aromatic carbocycles. The first kappa shape index (κ1) is 13.6. The average Bonchev–Trinajstić information content (AvgIpc) is 3.05. The van der Waals surface area contributed by atoms with Gasteiger partial charge in [-0.15, -0.1) is 11.3 Å². The second-order valence-electron chi connectivity index (χ2n) is 6.84. The molecule has 0 radical (unpaired) electrons. The smallest absolute Gasteiger partial charge is 0.0931 e. The number of nitrogens with one attached hydrogen (secondary N) is 1. The molecule has 1 spiro atoms. The van der Waals surface area contributed by atoms with Gasteiger partial charge in [0.25, 0.3) is 0 Å². The maximum absolute atomic E-state index is 6.11. The van der Waals surface area contributed by atoms with Crippen LogP contribution in [0.1, 0.15) is 43.4 Å². The van der Waals surface area contributed by atoms with Crippen molar-refractivity contribution in [1.29, 1.82) is 0 Å². The molecule has 3 aliphatic rings. The van der Waals surface area contributed by atoms with Gasteiger partial charge >= 0.3 is 0 Å². The SMILES string of the molecule is Clc1ccc(CN2CC(C3CC3)NCC23CCCC3)s1. The van der Waals surface area contributed by atoms with Crippen LogP contribution in [0.5, 0.6) is 0 Å². The molecule has 20 heavy (non-hydrogen) atoms. The molecule has 0 bridgehead atoms. The molecule has 4 heteroatoms. The maximum atomic E-state index is 6.11. The molecular weight excluding hydrogens is 288 g/mol. The van der Waals surface area contributed by atoms with E-state index in [0.717, 1.165) is 22.8 Å². The highest BCUT2D eigenvalue weighted by atomic mass is 35.5. The minimum atomic E-state index is 0.432. The van der Waals surface area contributed by atoms with E-state index in [2.05, 4.69) is 16.3 Å². The average molecular weight is 311 g/mol. The van der Waals surface area contributed by atoms with E-state index in [1.54, 1.807) is 11.3 Å². The summed E-state index contributed by atoms with van der Waals surface area (Å²) >= 11 is 7.86. The van der Waals surface area contributed by atoms with E-state index < -0.39 is 0 Å². The first-order chi connectivity index (χ1) is 9.75. The number of hydrogen-bond acceptors (Lipinski definition) is 3. The molecule has 2 saturated carbocycles. The van der Waals surface area contributed by atoms with E-state index in [4.69, 9.17) is 11.6 Å². The standard InChI is InChI=1S/C16H23ClN2S/c17-15-6-5-13(20-15)9-19-10-14(12-3-4-12)18-11-16(19)7-1-2-8-16/h5-6,12,14,18H,1-4,7-11H2. The van der Waals surface area contributed by atoms with Gasteiger partial charge in [-0.2, -0.15) is 0 Å². The molecule has 4 rings (SSSR count). The van der Waals surface area contributed by atoms with Crippen molar-refractivity contribution in [3.05, 3.63) is 21.3 Å². The lowest BCUT2D eigenvalue weighted by atomic mass is 9.90. The molecule has 110 valence electrons. The molecular formula is C16H23ClN2S. The maximum Gasteiger partial charge on any atom is 0.0931 e. The van der Waals surface area contributed by atoms with Crippen molar-refractivity contribution < 1.29 is 0 Å². The highest BCUT2D eigenvalue weighted by Gasteiger charge is 2.46. The van der Waals surface area contributed by atoms with Crippen molar-refractivity contribution in [2.45, 2.75) is 56.7 Å². The topological polar surface area (TPSA) is 15.3 Å². The van der Waals surface area contributed by atoms with Gasteiger partial charge in [-0.1, -0.05) is 24.4 Å². The van der Waals surface area contributed by atoms with E-state index in [1.807, 2.05) is 6.07 Å². The summed E-state index contributed by atoms with van der Waals surface area (Å²) in [5.41, 5.74) is 0.432. The summed E-state index contributed by atoms with van der Waals surface area (Å²) in [5, 5.41) is 3.87. The van der Waals surface area contributed by atoms with Crippen LogP contribution in [0, 0.1) is 5.92 Å². The van der Waals surface area contributed by atoms with Crippen molar-refractivity contribution in [3.8, 4) is 0 Å². The summed E-state index contributed by atoms with van der Waals surface area (Å²) in [5.74, 6) is 0.947. The molecule has 1 aromatic rings. The van der Waals surface area contributed by atoms with Crippen molar-refractivity contribution in [1.82, 2.24) is 10.2 Å². The third-order valence-corrected chi connectivity index (χ3v) is 6.70. The van der Waals surface area contributed by atoms with Gasteiger partial charge in [0.15, 0.2) is 0 Å². The zero-order valence-electron chi connectivity index (χ0n) is 11.9. The van der Waals surface area contributed by atoms with Crippen LogP contribution >= 0.6 is 22.9 Å². The molecule has 0 amide bonds. The molecule has 2 aliphatic carbocycles. The van der Waals surface area contributed by atoms with E-state index >= 15 is 0 Å². The number of halogens is 1. The third-order valence-electron chi connectivity index (χ3n) is 5.48. The predicted octanol–water partition coefficient (Wildman–Crippen LogP) is 3.90. The summed E-state index contributed by atoms with van der Waals surface area (Å²) in [4.78, 5) is 4.22. The molecule has 2 heterocycles. The predicted molar refractivity (Wildman–Crippen MR) is 85.5 cm³/mol. The minimum absolute atomic E-state index is 0.432. The molecule has 3 fully saturated rings. The lowest BCUT2D eigenvalue weighted by Gasteiger charge is -2.48. The fourth-order valence-electron chi connectivity index (χ4n) is 4.13. The van der Waals surface area contributed by atoms with Gasteiger partial charge in [-0.25, -0.2) is 0 Å². The number of rotatable bonds is 3. The monoisotopic (exact) mass is 310 g/mol. The number of piperazine rings is 1. The Hall–Kier alpha value is -0.0900. The summed E-state index contributed by atoms with van der Waals surface area (Å²) in [6, 6.07) is 4.99. The molecule has 1 unspecified atom stereocenters. The van der Waals surface area contributed by atoms with Crippen LogP contribution in [0.3, 0.4) is 0 Å². The van der Waals surface area contributed by atoms with Crippen molar-refractivity contribution in [3.63, 3.8) is 0 Å². The van der Waals surface area contributed by atoms with E-state index in [1.165, 1.54) is 56.5 Å². The van der Waals surface area contributed by atoms with Gasteiger partial charge < -0.3 is 5.32 Å². The Morgan fingerprint density at radius 1 is 1.30 bits per heavy atom. The van der Waals surface area contributed by atoms with E-state index in [9.17, 15) is 0 Å². The van der Waals surface area contributed by atoms with Gasteiger partial charge in [0.1, 0.15) is 0 Å². The quantitative estimate of drug-likeness (QED) is 0.911. The number of hydrogen-bond donors (Lipinski definition) is 1. The van der Waals surface area contributed by atoms with Crippen LogP contribution < -0.4 is 5.32 Å². The van der Waals surface area contributed by atoms with Crippen LogP contribution in [-0.4, -0.2) is 29.6 Å². The fourth-order valence-corrected chi connectivity index (χ4v) is 5.23. The third kappa shape index (κ3) is 2.54. The largest absolute Gasteiger partial charge is 0.311 e. The molecule has 1 saturated heterocycles. The normalized spacial score (nSPS) is 30.1. The fraction of sp³-hybridized carbons (Fsp3) is 0.750. The second-order valence-corrected chi connectivity index (χ2v) is 8.64. The van der Waals surface area contributed by atoms with E-state index in [0.29, 0.717) is 5.54 Å². The Labute approximate surface area is 130 Å². The Bertz CT molecular complexity index is 477. The first-order valence-corrected chi connectivity index (χ1v) is 9.17. The Kier molecular flexibility index (Phi) is 3.58. The van der Waals surface area contributed by atoms with Gasteiger partial charge in [-0.3, -0.25) is 4.90 Å². The molecule has 1 aliphatic heterocycles. The summed E-state index contributed by atoms with van der Waals surface area (Å²) in [6.07, 6.45) is 8.41. The van der Waals surface area contributed by atoms with Gasteiger partial charge in [0.05, 0.1) is 4.34 Å². The van der Waals surface area contributed by atoms with Crippen LogP contribution in [0.2, 0.25) is 4.34 Å². The summed E-state index contributed by atoms with van der Waals surface area (Å²) in [7, 11) is 0. The molecule has 1 aromatic heterocycles. The lowest BCUT2D eigenvalue weighted by molar-refractivity contribution is 0.0320. The van der Waals surface area contributed by atoms with Gasteiger partial charge in [0, 0.05) is 36.1 Å².